The van der Waals surface area contributed by atoms with Gasteiger partial charge in [0.05, 0.1) is 5.92 Å². The van der Waals surface area contributed by atoms with Crippen molar-refractivity contribution in [1.82, 2.24) is 4.90 Å². The molecule has 1 amide bonds. The minimum absolute atomic E-state index is 0.0329. The molecule has 2 fully saturated rings. The summed E-state index contributed by atoms with van der Waals surface area (Å²) in [4.78, 5) is 25.7. The van der Waals surface area contributed by atoms with Gasteiger partial charge < -0.3 is 14.7 Å². The van der Waals surface area contributed by atoms with E-state index in [0.717, 1.165) is 30.4 Å². The van der Waals surface area contributed by atoms with Gasteiger partial charge in [0.15, 0.2) is 6.10 Å². The van der Waals surface area contributed by atoms with E-state index in [0.29, 0.717) is 18.8 Å². The Morgan fingerprint density at radius 3 is 2.21 bits per heavy atom. The fourth-order valence-corrected chi connectivity index (χ4v) is 4.29. The quantitative estimate of drug-likeness (QED) is 0.857. The van der Waals surface area contributed by atoms with Crippen molar-refractivity contribution >= 4 is 11.9 Å². The van der Waals surface area contributed by atoms with Crippen molar-refractivity contribution < 1.29 is 19.4 Å². The second-order valence-electron chi connectivity index (χ2n) is 7.93. The van der Waals surface area contributed by atoms with E-state index in [1.807, 2.05) is 47.4 Å². The topological polar surface area (TPSA) is 66.8 Å². The monoisotopic (exact) mass is 379 g/mol. The smallest absolute Gasteiger partial charge is 0.307 e. The number of piperidine rings is 1. The average molecular weight is 379 g/mol. The molecule has 4 rings (SSSR count). The summed E-state index contributed by atoms with van der Waals surface area (Å²) < 4.78 is 5.86. The van der Waals surface area contributed by atoms with E-state index >= 15 is 0 Å². The lowest BCUT2D eigenvalue weighted by Gasteiger charge is -2.34. The van der Waals surface area contributed by atoms with Crippen molar-refractivity contribution in [3.05, 3.63) is 54.6 Å². The van der Waals surface area contributed by atoms with Gasteiger partial charge in [-0.25, -0.2) is 0 Å². The van der Waals surface area contributed by atoms with Crippen LogP contribution < -0.4 is 4.74 Å². The van der Waals surface area contributed by atoms with Gasteiger partial charge in [0.25, 0.3) is 5.91 Å². The highest BCUT2D eigenvalue weighted by Crippen LogP contribution is 2.59. The first-order valence-corrected chi connectivity index (χ1v) is 9.82. The van der Waals surface area contributed by atoms with E-state index in [1.54, 1.807) is 6.92 Å². The minimum atomic E-state index is -0.699. The first-order valence-electron chi connectivity index (χ1n) is 9.82. The van der Waals surface area contributed by atoms with E-state index in [-0.39, 0.29) is 17.2 Å². The Morgan fingerprint density at radius 1 is 1.04 bits per heavy atom. The predicted molar refractivity (Wildman–Crippen MR) is 106 cm³/mol. The van der Waals surface area contributed by atoms with Gasteiger partial charge >= 0.3 is 5.97 Å². The Kier molecular flexibility index (Phi) is 4.84. The molecular formula is C23H25NO4. The number of carbonyl (C=O) groups is 2. The molecule has 2 aromatic carbocycles. The van der Waals surface area contributed by atoms with Crippen molar-refractivity contribution in [2.24, 2.45) is 11.3 Å². The van der Waals surface area contributed by atoms with Gasteiger partial charge in [-0.2, -0.15) is 0 Å². The van der Waals surface area contributed by atoms with Crippen LogP contribution in [-0.2, 0) is 9.59 Å². The number of nitrogens with zero attached hydrogens (tertiary/aromatic N) is 1. The Labute approximate surface area is 164 Å². The molecule has 5 heteroatoms. The number of carboxylic acids is 1. The van der Waals surface area contributed by atoms with Crippen LogP contribution in [0, 0.1) is 11.3 Å². The largest absolute Gasteiger partial charge is 0.481 e. The first kappa shape index (κ1) is 18.5. The summed E-state index contributed by atoms with van der Waals surface area (Å²) in [5.74, 6) is -0.284. The summed E-state index contributed by atoms with van der Waals surface area (Å²) in [6, 6.07) is 17.9. The molecule has 0 radical (unpaired) electrons. The maximum absolute atomic E-state index is 12.7. The molecule has 28 heavy (non-hydrogen) atoms. The lowest BCUT2D eigenvalue weighted by molar-refractivity contribution is -0.141. The van der Waals surface area contributed by atoms with E-state index in [2.05, 4.69) is 12.1 Å². The summed E-state index contributed by atoms with van der Waals surface area (Å²) >= 11 is 0. The predicted octanol–water partition coefficient (Wildman–Crippen LogP) is 3.83. The molecule has 0 bridgehead atoms. The lowest BCUT2D eigenvalue weighted by atomic mass is 9.90. The summed E-state index contributed by atoms with van der Waals surface area (Å²) in [6.45, 7) is 3.00. The van der Waals surface area contributed by atoms with E-state index in [1.165, 1.54) is 0 Å². The third-order valence-electron chi connectivity index (χ3n) is 6.18. The number of ether oxygens (including phenoxy) is 1. The van der Waals surface area contributed by atoms with Crippen molar-refractivity contribution in [3.63, 3.8) is 0 Å². The number of likely N-dealkylation sites (tertiary alicyclic amines) is 1. The molecule has 1 N–H and O–H groups in total. The number of amides is 1. The van der Waals surface area contributed by atoms with Gasteiger partial charge in [-0.05, 0) is 54.9 Å². The molecule has 1 heterocycles. The highest BCUT2D eigenvalue weighted by molar-refractivity contribution is 5.81. The molecule has 1 saturated heterocycles. The SMILES string of the molecule is CC(Oc1ccc(-c2ccccc2)cc1)C(=O)N1CCC2(CC1)CC2C(=O)O. The molecule has 1 saturated carbocycles. The minimum Gasteiger partial charge on any atom is -0.481 e. The van der Waals surface area contributed by atoms with Crippen LogP contribution >= 0.6 is 0 Å². The maximum atomic E-state index is 12.7. The van der Waals surface area contributed by atoms with E-state index < -0.39 is 12.1 Å². The van der Waals surface area contributed by atoms with Crippen LogP contribution in [0.15, 0.2) is 54.6 Å². The Balaban J connectivity index is 1.32. The van der Waals surface area contributed by atoms with Crippen molar-refractivity contribution in [2.45, 2.75) is 32.3 Å². The number of benzene rings is 2. The molecule has 0 aromatic heterocycles. The standard InChI is InChI=1S/C23H25NO4/c1-16(21(25)24-13-11-23(12-14-24)15-20(23)22(26)27)28-19-9-7-18(8-10-19)17-5-3-2-4-6-17/h2-10,16,20H,11-15H2,1H3,(H,26,27). The van der Waals surface area contributed by atoms with Gasteiger partial charge in [-0.3, -0.25) is 9.59 Å². The molecule has 1 spiro atoms. The average Bonchev–Trinajstić information content (AvgIpc) is 3.43. The van der Waals surface area contributed by atoms with Gasteiger partial charge in [0.2, 0.25) is 0 Å². The molecule has 5 nitrogen and oxygen atoms in total. The fraction of sp³-hybridized carbons (Fsp3) is 0.391. The summed E-state index contributed by atoms with van der Waals surface area (Å²) in [7, 11) is 0. The number of carbonyl (C=O) groups excluding carboxylic acids is 1. The van der Waals surface area contributed by atoms with Crippen LogP contribution in [-0.4, -0.2) is 41.1 Å². The van der Waals surface area contributed by atoms with Gasteiger partial charge in [-0.1, -0.05) is 42.5 Å². The fourth-order valence-electron chi connectivity index (χ4n) is 4.29. The van der Waals surface area contributed by atoms with Crippen molar-refractivity contribution in [1.29, 1.82) is 0 Å². The molecule has 2 aliphatic rings. The number of hydrogen-bond donors (Lipinski definition) is 1. The molecule has 2 atom stereocenters. The normalized spacial score (nSPS) is 21.2. The summed E-state index contributed by atoms with van der Waals surface area (Å²) in [5.41, 5.74) is 2.17. The zero-order chi connectivity index (χ0) is 19.7. The van der Waals surface area contributed by atoms with Crippen LogP contribution in [0.2, 0.25) is 0 Å². The van der Waals surface area contributed by atoms with E-state index in [4.69, 9.17) is 4.74 Å². The highest BCUT2D eigenvalue weighted by atomic mass is 16.5. The summed E-state index contributed by atoms with van der Waals surface area (Å²) in [5, 5.41) is 9.19. The molecular weight excluding hydrogens is 354 g/mol. The third kappa shape index (κ3) is 3.61. The Bertz CT molecular complexity index is 854. The zero-order valence-electron chi connectivity index (χ0n) is 16.0. The molecule has 1 aliphatic carbocycles. The second-order valence-corrected chi connectivity index (χ2v) is 7.93. The van der Waals surface area contributed by atoms with Crippen LogP contribution in [0.3, 0.4) is 0 Å². The number of carboxylic acid groups (broad SMARTS) is 1. The van der Waals surface area contributed by atoms with Gasteiger partial charge in [0.1, 0.15) is 5.75 Å². The second kappa shape index (κ2) is 7.30. The van der Waals surface area contributed by atoms with E-state index in [9.17, 15) is 14.7 Å². The van der Waals surface area contributed by atoms with Crippen LogP contribution in [0.4, 0.5) is 0 Å². The highest BCUT2D eigenvalue weighted by Gasteiger charge is 2.59. The Morgan fingerprint density at radius 2 is 1.64 bits per heavy atom. The Hall–Kier alpha value is -2.82. The number of aliphatic carboxylic acids is 1. The zero-order valence-corrected chi connectivity index (χ0v) is 16.0. The lowest BCUT2D eigenvalue weighted by Crippen LogP contribution is -2.45. The van der Waals surface area contributed by atoms with Gasteiger partial charge in [0, 0.05) is 13.1 Å². The summed E-state index contributed by atoms with van der Waals surface area (Å²) in [6.07, 6.45) is 1.73. The van der Waals surface area contributed by atoms with Crippen LogP contribution in [0.5, 0.6) is 5.75 Å². The maximum Gasteiger partial charge on any atom is 0.307 e. The van der Waals surface area contributed by atoms with Crippen LogP contribution in [0.25, 0.3) is 11.1 Å². The third-order valence-corrected chi connectivity index (χ3v) is 6.18. The number of hydrogen-bond acceptors (Lipinski definition) is 3. The van der Waals surface area contributed by atoms with Crippen molar-refractivity contribution in [3.8, 4) is 16.9 Å². The molecule has 2 unspecified atom stereocenters. The van der Waals surface area contributed by atoms with Crippen molar-refractivity contribution in [2.75, 3.05) is 13.1 Å². The molecule has 146 valence electrons. The van der Waals surface area contributed by atoms with Crippen LogP contribution in [0.1, 0.15) is 26.2 Å². The first-order chi connectivity index (χ1) is 13.5. The molecule has 2 aromatic rings. The molecule has 1 aliphatic heterocycles. The number of rotatable bonds is 5. The van der Waals surface area contributed by atoms with Gasteiger partial charge in [-0.15, -0.1) is 0 Å².